The number of rotatable bonds is 8. The van der Waals surface area contributed by atoms with E-state index in [4.69, 9.17) is 14.4 Å². The van der Waals surface area contributed by atoms with Gasteiger partial charge >= 0.3 is 0 Å². The minimum atomic E-state index is -2.01. The van der Waals surface area contributed by atoms with Gasteiger partial charge in [0, 0.05) is 12.1 Å². The summed E-state index contributed by atoms with van der Waals surface area (Å²) >= 11 is 0. The highest BCUT2D eigenvalue weighted by Gasteiger charge is 2.39. The zero-order valence-electron chi connectivity index (χ0n) is 21.0. The van der Waals surface area contributed by atoms with Gasteiger partial charge < -0.3 is 14.4 Å². The quantitative estimate of drug-likeness (QED) is 0.270. The third-order valence-electron chi connectivity index (χ3n) is 6.60. The van der Waals surface area contributed by atoms with Gasteiger partial charge in [-0.25, -0.2) is 5.48 Å². The van der Waals surface area contributed by atoms with E-state index in [1.807, 2.05) is 24.3 Å². The van der Waals surface area contributed by atoms with Crippen LogP contribution in [0.2, 0.25) is 18.1 Å². The van der Waals surface area contributed by atoms with Crippen molar-refractivity contribution in [3.8, 4) is 22.6 Å². The Bertz CT molecular complexity index is 1070. The van der Waals surface area contributed by atoms with Crippen molar-refractivity contribution in [2.75, 3.05) is 0 Å². The Morgan fingerprint density at radius 1 is 0.909 bits per heavy atom. The van der Waals surface area contributed by atoms with Gasteiger partial charge in [0.05, 0.1) is 0 Å². The number of aryl methyl sites for hydroxylation is 2. The van der Waals surface area contributed by atoms with E-state index >= 15 is 0 Å². The van der Waals surface area contributed by atoms with Crippen LogP contribution in [0, 0.1) is 13.8 Å². The molecule has 0 radical (unpaired) electrons. The third kappa shape index (κ3) is 6.05. The Morgan fingerprint density at radius 3 is 2.12 bits per heavy atom. The van der Waals surface area contributed by atoms with Crippen LogP contribution in [-0.2, 0) is 13.2 Å². The van der Waals surface area contributed by atoms with Gasteiger partial charge in [-0.05, 0) is 84.1 Å². The molecule has 0 aliphatic carbocycles. The Labute approximate surface area is 199 Å². The molecule has 5 heteroatoms. The Balaban J connectivity index is 1.96. The normalized spacial score (nSPS) is 12.0. The van der Waals surface area contributed by atoms with Gasteiger partial charge in [0.25, 0.3) is 0 Å². The largest absolute Gasteiger partial charge is 0.543 e. The monoisotopic (exact) mass is 463 g/mol. The van der Waals surface area contributed by atoms with Crippen molar-refractivity contribution in [2.45, 2.75) is 65.9 Å². The van der Waals surface area contributed by atoms with E-state index in [1.54, 1.807) is 0 Å². The van der Waals surface area contributed by atoms with Crippen LogP contribution in [0.5, 0.6) is 11.5 Å². The molecule has 176 valence electrons. The zero-order valence-corrected chi connectivity index (χ0v) is 22.0. The summed E-state index contributed by atoms with van der Waals surface area (Å²) in [5.41, 5.74) is 9.17. The molecule has 0 aromatic heterocycles. The van der Waals surface area contributed by atoms with Crippen molar-refractivity contribution in [2.24, 2.45) is 0 Å². The molecule has 0 unspecified atom stereocenters. The second-order valence-electron chi connectivity index (χ2n) is 10.2. The molecule has 3 rings (SSSR count). The molecule has 3 aromatic rings. The van der Waals surface area contributed by atoms with Crippen molar-refractivity contribution in [1.29, 1.82) is 0 Å². The molecule has 2 N–H and O–H groups in total. The van der Waals surface area contributed by atoms with Crippen LogP contribution in [0.15, 0.2) is 60.7 Å². The third-order valence-corrected chi connectivity index (χ3v) is 10.9. The fraction of sp³-hybridized carbons (Fsp3) is 0.357. The van der Waals surface area contributed by atoms with Gasteiger partial charge in [-0.15, -0.1) is 0 Å². The first-order chi connectivity index (χ1) is 15.5. The van der Waals surface area contributed by atoms with Crippen LogP contribution >= 0.6 is 0 Å². The van der Waals surface area contributed by atoms with Gasteiger partial charge in [0.1, 0.15) is 18.1 Å². The smallest absolute Gasteiger partial charge is 0.250 e. The molecular weight excluding hydrogens is 426 g/mol. The van der Waals surface area contributed by atoms with Crippen LogP contribution in [0.25, 0.3) is 11.1 Å². The molecule has 0 spiro atoms. The number of hydrogen-bond donors (Lipinski definition) is 2. The van der Waals surface area contributed by atoms with Crippen molar-refractivity contribution in [1.82, 2.24) is 5.48 Å². The van der Waals surface area contributed by atoms with Gasteiger partial charge in [-0.2, -0.15) is 0 Å². The Hall–Kier alpha value is -2.60. The lowest BCUT2D eigenvalue weighted by atomic mass is 9.94. The van der Waals surface area contributed by atoms with Gasteiger partial charge in [0.2, 0.25) is 8.32 Å². The van der Waals surface area contributed by atoms with Crippen molar-refractivity contribution in [3.05, 3.63) is 82.9 Å². The molecule has 0 fully saturated rings. The van der Waals surface area contributed by atoms with E-state index in [2.05, 4.69) is 89.6 Å². The van der Waals surface area contributed by atoms with Crippen LogP contribution < -0.4 is 14.6 Å². The zero-order chi connectivity index (χ0) is 24.2. The van der Waals surface area contributed by atoms with Crippen molar-refractivity contribution in [3.63, 3.8) is 0 Å². The lowest BCUT2D eigenvalue weighted by molar-refractivity contribution is 0.161. The number of benzene rings is 3. The average molecular weight is 464 g/mol. The molecule has 0 aliphatic heterocycles. The molecule has 0 heterocycles. The fourth-order valence-electron chi connectivity index (χ4n) is 3.60. The van der Waals surface area contributed by atoms with E-state index in [0.29, 0.717) is 13.2 Å². The van der Waals surface area contributed by atoms with E-state index < -0.39 is 8.32 Å². The number of nitrogens with one attached hydrogen (secondary N) is 1. The second-order valence-corrected chi connectivity index (χ2v) is 14.9. The number of hydroxylamine groups is 1. The Kier molecular flexibility index (Phi) is 7.68. The summed E-state index contributed by atoms with van der Waals surface area (Å²) in [5.74, 6) is 1.69. The molecule has 0 atom stereocenters. The van der Waals surface area contributed by atoms with Gasteiger partial charge in [-0.1, -0.05) is 57.2 Å². The number of ether oxygens (including phenoxy) is 1. The maximum absolute atomic E-state index is 8.89. The molecule has 3 aromatic carbocycles. The highest BCUT2D eigenvalue weighted by Crippen LogP contribution is 2.39. The van der Waals surface area contributed by atoms with Gasteiger partial charge in [0.15, 0.2) is 0 Å². The first kappa shape index (κ1) is 25.0. The summed E-state index contributed by atoms with van der Waals surface area (Å²) in [6, 6.07) is 20.6. The second kappa shape index (κ2) is 10.1. The molecule has 0 aliphatic rings. The maximum atomic E-state index is 8.89. The van der Waals surface area contributed by atoms with E-state index in [0.717, 1.165) is 22.6 Å². The predicted molar refractivity (Wildman–Crippen MR) is 139 cm³/mol. The van der Waals surface area contributed by atoms with Crippen LogP contribution in [0.1, 0.15) is 43.0 Å². The summed E-state index contributed by atoms with van der Waals surface area (Å²) in [7, 11) is -2.01. The van der Waals surface area contributed by atoms with Crippen LogP contribution in [-0.4, -0.2) is 13.5 Å². The molecule has 0 saturated heterocycles. The van der Waals surface area contributed by atoms with Crippen molar-refractivity contribution < 1.29 is 14.4 Å². The molecule has 0 amide bonds. The summed E-state index contributed by atoms with van der Waals surface area (Å²) in [4.78, 5) is 0. The SMILES string of the molecule is Cc1cccc(C)c1-c1ccc(O[Si](C)(C)C(C)(C)C)c(COc2ccc(CNO)cc2)c1. The van der Waals surface area contributed by atoms with E-state index in [1.165, 1.54) is 22.3 Å². The first-order valence-corrected chi connectivity index (χ1v) is 14.4. The number of hydrogen-bond acceptors (Lipinski definition) is 4. The van der Waals surface area contributed by atoms with Gasteiger partial charge in [-0.3, -0.25) is 0 Å². The predicted octanol–water partition coefficient (Wildman–Crippen LogP) is 7.41. The minimum Gasteiger partial charge on any atom is -0.543 e. The lowest BCUT2D eigenvalue weighted by Gasteiger charge is -2.37. The van der Waals surface area contributed by atoms with Crippen LogP contribution in [0.3, 0.4) is 0 Å². The van der Waals surface area contributed by atoms with Crippen LogP contribution in [0.4, 0.5) is 0 Å². The first-order valence-electron chi connectivity index (χ1n) is 11.5. The van der Waals surface area contributed by atoms with E-state index in [-0.39, 0.29) is 5.04 Å². The summed E-state index contributed by atoms with van der Waals surface area (Å²) in [6.45, 7) is 16.4. The molecule has 0 bridgehead atoms. The maximum Gasteiger partial charge on any atom is 0.250 e. The summed E-state index contributed by atoms with van der Waals surface area (Å²) in [6.07, 6.45) is 0. The molecule has 4 nitrogen and oxygen atoms in total. The fourth-order valence-corrected chi connectivity index (χ4v) is 4.66. The molecular formula is C28H37NO3Si. The highest BCUT2D eigenvalue weighted by atomic mass is 28.4. The molecule has 33 heavy (non-hydrogen) atoms. The average Bonchev–Trinajstić information content (AvgIpc) is 2.74. The molecule has 0 saturated carbocycles. The standard InChI is InChI=1S/C28H37NO3Si/c1-20-9-8-10-21(2)27(20)23-13-16-26(32-33(6,7)28(3,4)5)24(17-23)19-31-25-14-11-22(12-15-25)18-29-30/h8-17,29-30H,18-19H2,1-7H3. The lowest BCUT2D eigenvalue weighted by Crippen LogP contribution is -2.44. The summed E-state index contributed by atoms with van der Waals surface area (Å²) < 4.78 is 12.9. The summed E-state index contributed by atoms with van der Waals surface area (Å²) in [5, 5.41) is 8.99. The highest BCUT2D eigenvalue weighted by molar-refractivity contribution is 6.74. The minimum absolute atomic E-state index is 0.104. The van der Waals surface area contributed by atoms with E-state index in [9.17, 15) is 0 Å². The van der Waals surface area contributed by atoms with Crippen molar-refractivity contribution >= 4 is 8.32 Å². The topological polar surface area (TPSA) is 50.7 Å². The Morgan fingerprint density at radius 2 is 1.55 bits per heavy atom.